The molecule has 0 fully saturated rings. The minimum atomic E-state index is -0.959. The first-order chi connectivity index (χ1) is 25.2. The first-order valence-corrected chi connectivity index (χ1v) is 20.0. The Morgan fingerprint density at radius 3 is 1.04 bits per heavy atom. The zero-order valence-corrected chi connectivity index (χ0v) is 30.9. The predicted molar refractivity (Wildman–Crippen MR) is 210 cm³/mol. The lowest BCUT2D eigenvalue weighted by Crippen LogP contribution is -2.35. The molecular formula is C42H48N2O6S2. The minimum Gasteiger partial charge on any atom is -0.481 e. The van der Waals surface area contributed by atoms with Gasteiger partial charge in [-0.05, 0) is 60.8 Å². The van der Waals surface area contributed by atoms with Crippen molar-refractivity contribution in [3.63, 3.8) is 0 Å². The summed E-state index contributed by atoms with van der Waals surface area (Å²) in [6.45, 7) is 0.141. The zero-order valence-electron chi connectivity index (χ0n) is 29.3. The molecule has 0 saturated heterocycles. The van der Waals surface area contributed by atoms with E-state index in [1.165, 1.54) is 0 Å². The molecule has 10 heteroatoms. The molecule has 4 rings (SSSR count). The highest BCUT2D eigenvalue weighted by Gasteiger charge is 2.28. The molecule has 2 amide bonds. The SMILES string of the molecule is O=C(O)CCNC(=O)C(Cc1ccccc1)CC(Cc1ccccc1)SSC(Cc1ccccc1)CC(Cc1ccccc1)C(=O)NCCC(=O)O. The molecule has 0 spiro atoms. The van der Waals surface area contributed by atoms with Crippen LogP contribution in [0.3, 0.4) is 0 Å². The topological polar surface area (TPSA) is 133 Å². The number of carboxylic acids is 2. The Hall–Kier alpha value is -4.54. The van der Waals surface area contributed by atoms with Gasteiger partial charge in [-0.3, -0.25) is 19.2 Å². The molecule has 0 heterocycles. The third-order valence-corrected chi connectivity index (χ3v) is 12.0. The van der Waals surface area contributed by atoms with E-state index >= 15 is 0 Å². The second-order valence-corrected chi connectivity index (χ2v) is 15.8. The molecule has 8 nitrogen and oxygen atoms in total. The van der Waals surface area contributed by atoms with Gasteiger partial charge in [0.05, 0.1) is 12.8 Å². The Bertz CT molecular complexity index is 1540. The summed E-state index contributed by atoms with van der Waals surface area (Å²) in [5.74, 6) is -2.99. The summed E-state index contributed by atoms with van der Waals surface area (Å²) in [5, 5.41) is 24.1. The number of carbonyl (C=O) groups is 4. The van der Waals surface area contributed by atoms with Crippen molar-refractivity contribution in [3.8, 4) is 0 Å². The molecule has 4 atom stereocenters. The van der Waals surface area contributed by atoms with Gasteiger partial charge in [-0.2, -0.15) is 0 Å². The Kier molecular flexibility index (Phi) is 17.3. The molecule has 52 heavy (non-hydrogen) atoms. The van der Waals surface area contributed by atoms with Crippen LogP contribution in [-0.4, -0.2) is 57.6 Å². The number of hydrogen-bond donors (Lipinski definition) is 4. The molecule has 4 aromatic rings. The highest BCUT2D eigenvalue weighted by molar-refractivity contribution is 8.77. The number of carboxylic acid groups (broad SMARTS) is 2. The van der Waals surface area contributed by atoms with Gasteiger partial charge in [0.15, 0.2) is 0 Å². The van der Waals surface area contributed by atoms with Gasteiger partial charge in [0, 0.05) is 35.4 Å². The van der Waals surface area contributed by atoms with Crippen molar-refractivity contribution in [1.29, 1.82) is 0 Å². The van der Waals surface area contributed by atoms with Crippen LogP contribution in [0, 0.1) is 11.8 Å². The molecule has 4 unspecified atom stereocenters. The zero-order chi connectivity index (χ0) is 37.0. The van der Waals surface area contributed by atoms with E-state index in [2.05, 4.69) is 34.9 Å². The highest BCUT2D eigenvalue weighted by Crippen LogP contribution is 2.40. The van der Waals surface area contributed by atoms with Crippen molar-refractivity contribution in [2.24, 2.45) is 11.8 Å². The molecule has 0 aliphatic rings. The van der Waals surface area contributed by atoms with E-state index in [1.54, 1.807) is 21.6 Å². The van der Waals surface area contributed by atoms with Gasteiger partial charge in [0.1, 0.15) is 0 Å². The number of benzene rings is 4. The summed E-state index contributed by atoms with van der Waals surface area (Å²) < 4.78 is 0. The predicted octanol–water partition coefficient (Wildman–Crippen LogP) is 7.27. The second-order valence-electron chi connectivity index (χ2n) is 12.9. The number of aliphatic carboxylic acids is 2. The monoisotopic (exact) mass is 740 g/mol. The van der Waals surface area contributed by atoms with Gasteiger partial charge in [-0.25, -0.2) is 0 Å². The number of carbonyl (C=O) groups excluding carboxylic acids is 2. The van der Waals surface area contributed by atoms with Crippen LogP contribution in [0.2, 0.25) is 0 Å². The van der Waals surface area contributed by atoms with Crippen molar-refractivity contribution in [1.82, 2.24) is 10.6 Å². The molecule has 4 aromatic carbocycles. The summed E-state index contributed by atoms with van der Waals surface area (Å²) >= 11 is 0. The third-order valence-electron chi connectivity index (χ3n) is 8.70. The lowest BCUT2D eigenvalue weighted by atomic mass is 9.92. The van der Waals surface area contributed by atoms with Crippen LogP contribution in [0.5, 0.6) is 0 Å². The average molecular weight is 741 g/mol. The molecule has 0 saturated carbocycles. The van der Waals surface area contributed by atoms with E-state index in [0.717, 1.165) is 35.1 Å². The van der Waals surface area contributed by atoms with E-state index in [4.69, 9.17) is 0 Å². The highest BCUT2D eigenvalue weighted by atomic mass is 33.1. The first kappa shape index (κ1) is 40.2. The first-order valence-electron chi connectivity index (χ1n) is 17.7. The summed E-state index contributed by atoms with van der Waals surface area (Å²) in [5.41, 5.74) is 4.39. The fourth-order valence-corrected chi connectivity index (χ4v) is 9.38. The van der Waals surface area contributed by atoms with Crippen LogP contribution in [0.1, 0.15) is 47.9 Å². The van der Waals surface area contributed by atoms with E-state index in [0.29, 0.717) is 25.7 Å². The fourth-order valence-electron chi connectivity index (χ4n) is 6.10. The van der Waals surface area contributed by atoms with Gasteiger partial charge < -0.3 is 20.8 Å². The van der Waals surface area contributed by atoms with Gasteiger partial charge in [0.25, 0.3) is 0 Å². The average Bonchev–Trinajstić information content (AvgIpc) is 3.14. The summed E-state index contributed by atoms with van der Waals surface area (Å²) in [6.07, 6.45) is 3.37. The maximum atomic E-state index is 13.6. The van der Waals surface area contributed by atoms with E-state index in [1.807, 2.05) is 97.1 Å². The molecular weight excluding hydrogens is 693 g/mol. The number of rotatable bonds is 23. The molecule has 0 radical (unpaired) electrons. The summed E-state index contributed by atoms with van der Waals surface area (Å²) in [4.78, 5) is 49.6. The van der Waals surface area contributed by atoms with Crippen LogP contribution in [0.25, 0.3) is 0 Å². The second kappa shape index (κ2) is 22.4. The van der Waals surface area contributed by atoms with E-state index in [9.17, 15) is 29.4 Å². The Morgan fingerprint density at radius 1 is 0.462 bits per heavy atom. The standard InChI is InChI=1S/C42H48N2O6S2/c45-39(46)21-23-43-41(49)35(25-31-13-5-1-6-14-31)29-37(27-33-17-9-3-10-18-33)51-52-38(28-34-19-11-4-12-20-34)30-36(26-32-15-7-2-8-16-32)42(50)44-24-22-40(47)48/h1-20,35-38H,21-30H2,(H,43,49)(H,44,50)(H,45,46)(H,47,48). The van der Waals surface area contributed by atoms with Crippen molar-refractivity contribution < 1.29 is 29.4 Å². The third kappa shape index (κ3) is 15.4. The number of nitrogens with one attached hydrogen (secondary N) is 2. The number of hydrogen-bond acceptors (Lipinski definition) is 6. The Labute approximate surface area is 314 Å². The van der Waals surface area contributed by atoms with Gasteiger partial charge in [-0.15, -0.1) is 0 Å². The maximum absolute atomic E-state index is 13.6. The molecule has 0 aliphatic heterocycles. The van der Waals surface area contributed by atoms with Crippen molar-refractivity contribution in [2.45, 2.75) is 61.9 Å². The van der Waals surface area contributed by atoms with Crippen molar-refractivity contribution >= 4 is 45.3 Å². The summed E-state index contributed by atoms with van der Waals surface area (Å²) in [7, 11) is 3.49. The van der Waals surface area contributed by atoms with Crippen LogP contribution in [0.15, 0.2) is 121 Å². The van der Waals surface area contributed by atoms with Gasteiger partial charge in [-0.1, -0.05) is 143 Å². The quantitative estimate of drug-likeness (QED) is 0.0584. The summed E-state index contributed by atoms with van der Waals surface area (Å²) in [6, 6.07) is 40.2. The van der Waals surface area contributed by atoms with Crippen LogP contribution in [0.4, 0.5) is 0 Å². The van der Waals surface area contributed by atoms with Crippen LogP contribution >= 0.6 is 21.6 Å². The van der Waals surface area contributed by atoms with Crippen molar-refractivity contribution in [3.05, 3.63) is 144 Å². The van der Waals surface area contributed by atoms with Gasteiger partial charge in [0.2, 0.25) is 11.8 Å². The number of amides is 2. The molecule has 274 valence electrons. The van der Waals surface area contributed by atoms with Crippen LogP contribution in [-0.2, 0) is 44.9 Å². The molecule has 0 aliphatic carbocycles. The lowest BCUT2D eigenvalue weighted by Gasteiger charge is -2.27. The van der Waals surface area contributed by atoms with Gasteiger partial charge >= 0.3 is 11.9 Å². The normalized spacial score (nSPS) is 13.3. The molecule has 4 N–H and O–H groups in total. The van der Waals surface area contributed by atoms with E-state index < -0.39 is 11.9 Å². The smallest absolute Gasteiger partial charge is 0.305 e. The minimum absolute atomic E-state index is 0.0292. The van der Waals surface area contributed by atoms with Crippen molar-refractivity contribution in [2.75, 3.05) is 13.1 Å². The fraction of sp³-hybridized carbons (Fsp3) is 0.333. The lowest BCUT2D eigenvalue weighted by molar-refractivity contribution is -0.138. The Balaban J connectivity index is 1.58. The molecule has 0 aromatic heterocycles. The Morgan fingerprint density at radius 2 is 0.750 bits per heavy atom. The largest absolute Gasteiger partial charge is 0.481 e. The molecule has 0 bridgehead atoms. The van der Waals surface area contributed by atoms with Crippen LogP contribution < -0.4 is 10.6 Å². The maximum Gasteiger partial charge on any atom is 0.305 e. The van der Waals surface area contributed by atoms with E-state index in [-0.39, 0.29) is 60.1 Å².